The highest BCUT2D eigenvalue weighted by molar-refractivity contribution is 5.75. The van der Waals surface area contributed by atoms with Crippen molar-refractivity contribution in [2.24, 2.45) is 0 Å². The molecule has 2 unspecified atom stereocenters. The van der Waals surface area contributed by atoms with E-state index in [1.54, 1.807) is 0 Å². The summed E-state index contributed by atoms with van der Waals surface area (Å²) < 4.78 is 4.76. The number of hydrogen-bond acceptors (Lipinski definition) is 2. The second kappa shape index (κ2) is 2.28. The fourth-order valence-electron chi connectivity index (χ4n) is 2.47. The Morgan fingerprint density at radius 3 is 2.15 bits per heavy atom. The molecule has 1 amide bonds. The molecule has 2 rings (SSSR count). The topological polar surface area (TPSA) is 29.3 Å². The zero-order valence-electron chi connectivity index (χ0n) is 8.33. The fraction of sp³-hybridized carbons (Fsp3) is 0.700. The molecule has 2 atom stereocenters. The first-order valence-electron chi connectivity index (χ1n) is 4.59. The summed E-state index contributed by atoms with van der Waals surface area (Å²) in [7, 11) is 1.44. The van der Waals surface area contributed by atoms with Crippen molar-refractivity contribution in [1.82, 2.24) is 4.90 Å². The Morgan fingerprint density at radius 1 is 1.31 bits per heavy atom. The minimum absolute atomic E-state index is 0.00512. The van der Waals surface area contributed by atoms with Gasteiger partial charge >= 0.3 is 6.09 Å². The summed E-state index contributed by atoms with van der Waals surface area (Å²) >= 11 is 0. The Hall–Kier alpha value is -0.990. The van der Waals surface area contributed by atoms with Gasteiger partial charge in [0.05, 0.1) is 18.2 Å². The Kier molecular flexibility index (Phi) is 1.51. The zero-order valence-corrected chi connectivity index (χ0v) is 8.33. The minimum atomic E-state index is -0.200. The van der Waals surface area contributed by atoms with Crippen LogP contribution in [-0.2, 0) is 4.74 Å². The van der Waals surface area contributed by atoms with Crippen molar-refractivity contribution < 1.29 is 9.53 Å². The third-order valence-electron chi connectivity index (χ3n) is 3.65. The minimum Gasteiger partial charge on any atom is -0.453 e. The van der Waals surface area contributed by atoms with E-state index in [9.17, 15) is 4.79 Å². The largest absolute Gasteiger partial charge is 0.453 e. The Labute approximate surface area is 78.4 Å². The Morgan fingerprint density at radius 2 is 1.77 bits per heavy atom. The van der Waals surface area contributed by atoms with Crippen molar-refractivity contribution in [2.45, 2.75) is 37.8 Å². The first-order chi connectivity index (χ1) is 6.06. The van der Waals surface area contributed by atoms with Crippen LogP contribution in [0.3, 0.4) is 0 Å². The normalized spacial score (nSPS) is 41.3. The molecule has 3 heteroatoms. The van der Waals surface area contributed by atoms with Crippen LogP contribution in [0.4, 0.5) is 4.79 Å². The monoisotopic (exact) mass is 181 g/mol. The maximum Gasteiger partial charge on any atom is 0.410 e. The van der Waals surface area contributed by atoms with Crippen molar-refractivity contribution in [1.29, 1.82) is 0 Å². The molecular formula is C10H15NO2. The van der Waals surface area contributed by atoms with E-state index in [4.69, 9.17) is 4.74 Å². The Balaban J connectivity index is 2.24. The van der Waals surface area contributed by atoms with E-state index in [2.05, 4.69) is 26.0 Å². The Bertz CT molecular complexity index is 267. The van der Waals surface area contributed by atoms with Gasteiger partial charge in [-0.2, -0.15) is 0 Å². The highest BCUT2D eigenvalue weighted by Gasteiger charge is 2.71. The number of amides is 1. The zero-order chi connectivity index (χ0) is 9.69. The maximum atomic E-state index is 11.4. The number of hydrogen-bond donors (Lipinski definition) is 0. The number of carbonyl (C=O) groups is 1. The first-order valence-corrected chi connectivity index (χ1v) is 4.59. The van der Waals surface area contributed by atoms with Gasteiger partial charge in [-0.3, -0.25) is 4.90 Å². The first kappa shape index (κ1) is 8.60. The lowest BCUT2D eigenvalue weighted by Gasteiger charge is -2.13. The molecule has 0 N–H and O–H groups in total. The molecule has 0 spiro atoms. The van der Waals surface area contributed by atoms with Crippen molar-refractivity contribution in [2.75, 3.05) is 7.11 Å². The van der Waals surface area contributed by atoms with Crippen molar-refractivity contribution in [3.63, 3.8) is 0 Å². The molecule has 0 aromatic rings. The number of fused-ring (bicyclic) bond motifs is 1. The molecule has 1 fully saturated rings. The molecular weight excluding hydrogens is 166 g/mol. The number of ether oxygens (including phenoxy) is 1. The third kappa shape index (κ3) is 0.820. The average molecular weight is 181 g/mol. The average Bonchev–Trinajstić information content (AvgIpc) is 2.62. The fourth-order valence-corrected chi connectivity index (χ4v) is 2.47. The van der Waals surface area contributed by atoms with Gasteiger partial charge in [-0.25, -0.2) is 4.79 Å². The number of carbonyl (C=O) groups excluding carboxylic acids is 1. The van der Waals surface area contributed by atoms with Crippen LogP contribution in [0, 0.1) is 0 Å². The van der Waals surface area contributed by atoms with E-state index in [-0.39, 0.29) is 17.2 Å². The van der Waals surface area contributed by atoms with Crippen LogP contribution in [0.5, 0.6) is 0 Å². The smallest absolute Gasteiger partial charge is 0.410 e. The third-order valence-corrected chi connectivity index (χ3v) is 3.65. The van der Waals surface area contributed by atoms with Gasteiger partial charge in [0.25, 0.3) is 0 Å². The molecule has 1 aliphatic heterocycles. The van der Waals surface area contributed by atoms with Gasteiger partial charge in [0.1, 0.15) is 0 Å². The number of methoxy groups -OCH3 is 1. The molecule has 1 aliphatic carbocycles. The highest BCUT2D eigenvalue weighted by Crippen LogP contribution is 2.58. The van der Waals surface area contributed by atoms with Crippen LogP contribution in [0.2, 0.25) is 0 Å². The summed E-state index contributed by atoms with van der Waals surface area (Å²) in [6.45, 7) is 4.24. The predicted molar refractivity (Wildman–Crippen MR) is 49.4 cm³/mol. The molecule has 1 heterocycles. The van der Waals surface area contributed by atoms with Gasteiger partial charge in [0, 0.05) is 0 Å². The van der Waals surface area contributed by atoms with E-state index in [0.717, 1.165) is 12.8 Å². The van der Waals surface area contributed by atoms with Crippen molar-refractivity contribution in [3.8, 4) is 0 Å². The summed E-state index contributed by atoms with van der Waals surface area (Å²) in [6.07, 6.45) is 5.97. The van der Waals surface area contributed by atoms with Gasteiger partial charge in [-0.05, 0) is 26.7 Å². The van der Waals surface area contributed by atoms with Crippen LogP contribution in [0.15, 0.2) is 12.2 Å². The van der Waals surface area contributed by atoms with Gasteiger partial charge in [0.2, 0.25) is 0 Å². The lowest BCUT2D eigenvalue weighted by molar-refractivity contribution is 0.144. The van der Waals surface area contributed by atoms with E-state index < -0.39 is 0 Å². The van der Waals surface area contributed by atoms with E-state index in [1.165, 1.54) is 7.11 Å². The lowest BCUT2D eigenvalue weighted by Crippen LogP contribution is -2.20. The number of rotatable bonds is 0. The molecule has 0 radical (unpaired) electrons. The SMILES string of the molecule is COC(=O)N1C2(C)CC=CCC12C. The molecule has 13 heavy (non-hydrogen) atoms. The molecule has 0 bridgehead atoms. The summed E-state index contributed by atoms with van der Waals surface area (Å²) in [6, 6.07) is 0. The van der Waals surface area contributed by atoms with Crippen LogP contribution in [-0.4, -0.2) is 29.2 Å². The standard InChI is InChI=1S/C10H15NO2/c1-9-6-4-5-7-10(9,2)11(9)8(12)13-3/h4-5H,6-7H2,1-3H3. The summed E-state index contributed by atoms with van der Waals surface area (Å²) in [5.41, 5.74) is -0.0102. The highest BCUT2D eigenvalue weighted by atomic mass is 16.5. The molecule has 0 aromatic heterocycles. The van der Waals surface area contributed by atoms with Crippen LogP contribution in [0.25, 0.3) is 0 Å². The summed E-state index contributed by atoms with van der Waals surface area (Å²) in [5, 5.41) is 0. The molecule has 0 saturated carbocycles. The van der Waals surface area contributed by atoms with Gasteiger partial charge in [-0.1, -0.05) is 12.2 Å². The second-order valence-corrected chi connectivity index (χ2v) is 4.23. The van der Waals surface area contributed by atoms with Crippen LogP contribution < -0.4 is 0 Å². The van der Waals surface area contributed by atoms with Crippen molar-refractivity contribution >= 4 is 6.09 Å². The van der Waals surface area contributed by atoms with Crippen LogP contribution in [0.1, 0.15) is 26.7 Å². The summed E-state index contributed by atoms with van der Waals surface area (Å²) in [5.74, 6) is 0. The summed E-state index contributed by atoms with van der Waals surface area (Å²) in [4.78, 5) is 13.3. The van der Waals surface area contributed by atoms with Gasteiger partial charge in [0.15, 0.2) is 0 Å². The number of nitrogens with zero attached hydrogens (tertiary/aromatic N) is 1. The van der Waals surface area contributed by atoms with E-state index in [1.807, 2.05) is 4.90 Å². The van der Waals surface area contributed by atoms with Crippen molar-refractivity contribution in [3.05, 3.63) is 12.2 Å². The quantitative estimate of drug-likeness (QED) is 0.422. The van der Waals surface area contributed by atoms with Gasteiger partial charge < -0.3 is 4.74 Å². The predicted octanol–water partition coefficient (Wildman–Crippen LogP) is 1.94. The van der Waals surface area contributed by atoms with E-state index in [0.29, 0.717) is 0 Å². The molecule has 2 aliphatic rings. The molecule has 72 valence electrons. The second-order valence-electron chi connectivity index (χ2n) is 4.23. The van der Waals surface area contributed by atoms with Gasteiger partial charge in [-0.15, -0.1) is 0 Å². The molecule has 0 aromatic carbocycles. The molecule has 1 saturated heterocycles. The molecule has 3 nitrogen and oxygen atoms in total. The lowest BCUT2D eigenvalue weighted by atomic mass is 9.86. The van der Waals surface area contributed by atoms with Crippen LogP contribution >= 0.6 is 0 Å². The maximum absolute atomic E-state index is 11.4. The van der Waals surface area contributed by atoms with E-state index >= 15 is 0 Å².